The molecule has 0 aliphatic carbocycles. The quantitative estimate of drug-likeness (QED) is 0.893. The van der Waals surface area contributed by atoms with Gasteiger partial charge in [-0.2, -0.15) is 0 Å². The Morgan fingerprint density at radius 1 is 1.30 bits per heavy atom. The van der Waals surface area contributed by atoms with E-state index >= 15 is 0 Å². The van der Waals surface area contributed by atoms with Crippen molar-refractivity contribution >= 4 is 17.4 Å². The third-order valence-corrected chi connectivity index (χ3v) is 3.65. The second-order valence-corrected chi connectivity index (χ2v) is 5.12. The molecule has 2 rings (SSSR count). The zero-order chi connectivity index (χ0) is 14.4. The molecule has 2 heterocycles. The Hall–Kier alpha value is -1.62. The van der Waals surface area contributed by atoms with Gasteiger partial charge in [0.05, 0.1) is 0 Å². The number of amides is 1. The lowest BCUT2D eigenvalue weighted by Gasteiger charge is -2.34. The van der Waals surface area contributed by atoms with Crippen LogP contribution in [0.5, 0.6) is 0 Å². The molecule has 5 nitrogen and oxygen atoms in total. The van der Waals surface area contributed by atoms with Crippen molar-refractivity contribution in [3.8, 4) is 0 Å². The summed E-state index contributed by atoms with van der Waals surface area (Å²) in [7, 11) is 0. The second kappa shape index (κ2) is 7.24. The van der Waals surface area contributed by atoms with Crippen LogP contribution in [0.15, 0.2) is 18.3 Å². The highest BCUT2D eigenvalue weighted by atomic mass is 16.1. The Morgan fingerprint density at radius 3 is 2.70 bits per heavy atom. The van der Waals surface area contributed by atoms with Crippen LogP contribution in [0.1, 0.15) is 26.7 Å². The van der Waals surface area contributed by atoms with E-state index in [1.165, 1.54) is 0 Å². The number of pyridine rings is 1. The van der Waals surface area contributed by atoms with Crippen LogP contribution >= 0.6 is 0 Å². The molecule has 1 aliphatic heterocycles. The smallest absolute Gasteiger partial charge is 0.224 e. The van der Waals surface area contributed by atoms with Crippen LogP contribution in [0.4, 0.5) is 11.5 Å². The maximum atomic E-state index is 11.6. The van der Waals surface area contributed by atoms with E-state index in [1.54, 1.807) is 6.20 Å². The number of hydrogen-bond donors (Lipinski definition) is 1. The summed E-state index contributed by atoms with van der Waals surface area (Å²) in [4.78, 5) is 20.8. The first-order valence-electron chi connectivity index (χ1n) is 7.46. The minimum atomic E-state index is 0.0699. The minimum Gasteiger partial charge on any atom is -0.354 e. The van der Waals surface area contributed by atoms with Crippen molar-refractivity contribution in [2.45, 2.75) is 26.7 Å². The van der Waals surface area contributed by atoms with Crippen LogP contribution in [0.25, 0.3) is 0 Å². The number of anilines is 2. The molecule has 0 aromatic carbocycles. The summed E-state index contributed by atoms with van der Waals surface area (Å²) < 4.78 is 0. The molecule has 0 atom stereocenters. The summed E-state index contributed by atoms with van der Waals surface area (Å²) in [6.07, 6.45) is 3.19. The standard InChI is InChI=1S/C15H24N4O/c1-3-5-15(20)17-13-6-7-16-14(12-13)19-10-8-18(4-2)9-11-19/h6-7,12H,3-5,8-11H2,1-2H3,(H,16,17,20). The highest BCUT2D eigenvalue weighted by Crippen LogP contribution is 2.18. The first-order valence-corrected chi connectivity index (χ1v) is 7.46. The molecule has 1 aromatic rings. The fraction of sp³-hybridized carbons (Fsp3) is 0.600. The molecule has 1 N–H and O–H groups in total. The summed E-state index contributed by atoms with van der Waals surface area (Å²) in [5.74, 6) is 1.02. The van der Waals surface area contributed by atoms with Crippen LogP contribution in [0.2, 0.25) is 0 Å². The van der Waals surface area contributed by atoms with Gasteiger partial charge in [-0.1, -0.05) is 13.8 Å². The van der Waals surface area contributed by atoms with Gasteiger partial charge in [-0.3, -0.25) is 4.79 Å². The minimum absolute atomic E-state index is 0.0699. The number of nitrogens with one attached hydrogen (secondary N) is 1. The number of rotatable bonds is 5. The topological polar surface area (TPSA) is 48.5 Å². The van der Waals surface area contributed by atoms with Crippen molar-refractivity contribution in [3.05, 3.63) is 18.3 Å². The highest BCUT2D eigenvalue weighted by Gasteiger charge is 2.17. The summed E-state index contributed by atoms with van der Waals surface area (Å²) in [5, 5.41) is 2.93. The van der Waals surface area contributed by atoms with Gasteiger partial charge in [0.15, 0.2) is 0 Å². The zero-order valence-corrected chi connectivity index (χ0v) is 12.4. The van der Waals surface area contributed by atoms with E-state index in [0.29, 0.717) is 6.42 Å². The molecular weight excluding hydrogens is 252 g/mol. The maximum absolute atomic E-state index is 11.6. The van der Waals surface area contributed by atoms with Gasteiger partial charge in [-0.05, 0) is 19.0 Å². The molecule has 0 spiro atoms. The van der Waals surface area contributed by atoms with Gasteiger partial charge in [-0.15, -0.1) is 0 Å². The average Bonchev–Trinajstić information content (AvgIpc) is 2.48. The molecule has 0 saturated carbocycles. The van der Waals surface area contributed by atoms with Crippen molar-refractivity contribution < 1.29 is 4.79 Å². The molecule has 20 heavy (non-hydrogen) atoms. The van der Waals surface area contributed by atoms with Gasteiger partial charge >= 0.3 is 0 Å². The Labute approximate surface area is 121 Å². The van der Waals surface area contributed by atoms with Crippen molar-refractivity contribution in [1.29, 1.82) is 0 Å². The second-order valence-electron chi connectivity index (χ2n) is 5.12. The average molecular weight is 276 g/mol. The lowest BCUT2D eigenvalue weighted by molar-refractivity contribution is -0.116. The van der Waals surface area contributed by atoms with E-state index in [0.717, 1.165) is 50.6 Å². The molecule has 0 radical (unpaired) electrons. The predicted molar refractivity (Wildman–Crippen MR) is 82.1 cm³/mol. The Bertz CT molecular complexity index is 441. The SMILES string of the molecule is CCCC(=O)Nc1ccnc(N2CCN(CC)CC2)c1. The maximum Gasteiger partial charge on any atom is 0.224 e. The van der Waals surface area contributed by atoms with Gasteiger partial charge in [0.1, 0.15) is 5.82 Å². The number of hydrogen-bond acceptors (Lipinski definition) is 4. The molecule has 1 saturated heterocycles. The van der Waals surface area contributed by atoms with E-state index in [4.69, 9.17) is 0 Å². The lowest BCUT2D eigenvalue weighted by atomic mass is 10.2. The molecular formula is C15H24N4O. The van der Waals surface area contributed by atoms with Gasteiger partial charge in [0, 0.05) is 50.6 Å². The normalized spacial score (nSPS) is 16.2. The molecule has 5 heteroatoms. The fourth-order valence-corrected chi connectivity index (χ4v) is 2.41. The molecule has 1 amide bonds. The van der Waals surface area contributed by atoms with E-state index < -0.39 is 0 Å². The number of likely N-dealkylation sites (N-methyl/N-ethyl adjacent to an activating group) is 1. The third-order valence-electron chi connectivity index (χ3n) is 3.65. The number of piperazine rings is 1. The monoisotopic (exact) mass is 276 g/mol. The molecule has 110 valence electrons. The van der Waals surface area contributed by atoms with E-state index in [9.17, 15) is 4.79 Å². The Morgan fingerprint density at radius 2 is 2.05 bits per heavy atom. The van der Waals surface area contributed by atoms with Gasteiger partial charge < -0.3 is 15.1 Å². The van der Waals surface area contributed by atoms with Crippen molar-refractivity contribution in [1.82, 2.24) is 9.88 Å². The van der Waals surface area contributed by atoms with Gasteiger partial charge in [0.25, 0.3) is 0 Å². The van der Waals surface area contributed by atoms with E-state index in [2.05, 4.69) is 27.0 Å². The van der Waals surface area contributed by atoms with Crippen LogP contribution in [0, 0.1) is 0 Å². The summed E-state index contributed by atoms with van der Waals surface area (Å²) in [6, 6.07) is 3.81. The third kappa shape index (κ3) is 3.93. The van der Waals surface area contributed by atoms with Crippen molar-refractivity contribution in [3.63, 3.8) is 0 Å². The molecule has 1 aromatic heterocycles. The van der Waals surface area contributed by atoms with Gasteiger partial charge in [0.2, 0.25) is 5.91 Å². The van der Waals surface area contributed by atoms with E-state index in [-0.39, 0.29) is 5.91 Å². The highest BCUT2D eigenvalue weighted by molar-refractivity contribution is 5.90. The molecule has 1 aliphatic rings. The van der Waals surface area contributed by atoms with Crippen LogP contribution in [-0.4, -0.2) is 48.5 Å². The molecule has 0 unspecified atom stereocenters. The number of nitrogens with zero attached hydrogens (tertiary/aromatic N) is 3. The lowest BCUT2D eigenvalue weighted by Crippen LogP contribution is -2.46. The summed E-state index contributed by atoms with van der Waals surface area (Å²) in [5.41, 5.74) is 0.839. The van der Waals surface area contributed by atoms with Crippen molar-refractivity contribution in [2.24, 2.45) is 0 Å². The Kier molecular flexibility index (Phi) is 5.35. The fourth-order valence-electron chi connectivity index (χ4n) is 2.41. The van der Waals surface area contributed by atoms with Gasteiger partial charge in [-0.25, -0.2) is 4.98 Å². The van der Waals surface area contributed by atoms with E-state index in [1.807, 2.05) is 19.1 Å². The largest absolute Gasteiger partial charge is 0.354 e. The first-order chi connectivity index (χ1) is 9.72. The van der Waals surface area contributed by atoms with Crippen LogP contribution < -0.4 is 10.2 Å². The zero-order valence-electron chi connectivity index (χ0n) is 12.4. The number of carbonyl (C=O) groups excluding carboxylic acids is 1. The summed E-state index contributed by atoms with van der Waals surface area (Å²) >= 11 is 0. The first kappa shape index (κ1) is 14.8. The summed E-state index contributed by atoms with van der Waals surface area (Å²) in [6.45, 7) is 9.44. The number of carbonyl (C=O) groups is 1. The number of aromatic nitrogens is 1. The Balaban J connectivity index is 1.97. The molecule has 0 bridgehead atoms. The van der Waals surface area contributed by atoms with Crippen LogP contribution in [0.3, 0.4) is 0 Å². The van der Waals surface area contributed by atoms with Crippen LogP contribution in [-0.2, 0) is 4.79 Å². The predicted octanol–water partition coefficient (Wildman–Crippen LogP) is 1.96. The molecule has 1 fully saturated rings. The van der Waals surface area contributed by atoms with Crippen molar-refractivity contribution in [2.75, 3.05) is 42.9 Å².